The van der Waals surface area contributed by atoms with E-state index in [1.165, 1.54) is 36.4 Å². The zero-order valence-electron chi connectivity index (χ0n) is 11.6. The van der Waals surface area contributed by atoms with E-state index in [1.807, 2.05) is 0 Å². The van der Waals surface area contributed by atoms with Gasteiger partial charge in [0.1, 0.15) is 0 Å². The Morgan fingerprint density at radius 3 is 1.45 bits per heavy atom. The molecule has 2 nitrogen and oxygen atoms in total. The van der Waals surface area contributed by atoms with Gasteiger partial charge in [-0.15, -0.1) is 0 Å². The van der Waals surface area contributed by atoms with E-state index >= 15 is 0 Å². The number of ether oxygens (including phenoxy) is 1. The number of halogens is 4. The van der Waals surface area contributed by atoms with E-state index in [0.29, 0.717) is 7.11 Å². The Hall–Kier alpha value is -1.92. The van der Waals surface area contributed by atoms with Crippen LogP contribution < -0.4 is 0 Å². The van der Waals surface area contributed by atoms with Gasteiger partial charge in [-0.1, -0.05) is 60.7 Å². The first-order chi connectivity index (χ1) is 10.3. The molecule has 2 aromatic rings. The predicted octanol–water partition coefficient (Wildman–Crippen LogP) is 3.80. The molecule has 0 unspecified atom stereocenters. The van der Waals surface area contributed by atoms with Crippen molar-refractivity contribution in [3.63, 3.8) is 0 Å². The molecule has 0 fully saturated rings. The third-order valence-corrected chi connectivity index (χ3v) is 3.46. The van der Waals surface area contributed by atoms with Crippen molar-refractivity contribution in [2.75, 3.05) is 7.11 Å². The van der Waals surface area contributed by atoms with Crippen LogP contribution in [0.25, 0.3) is 0 Å². The summed E-state index contributed by atoms with van der Waals surface area (Å²) in [5, 5.41) is 10.6. The maximum Gasteiger partial charge on any atom is 0.422 e. The second-order valence-electron chi connectivity index (χ2n) is 4.74. The Bertz CT molecular complexity index is 575. The van der Waals surface area contributed by atoms with Gasteiger partial charge in [-0.2, -0.15) is 17.6 Å². The minimum atomic E-state index is -4.89. The fraction of sp³-hybridized carbons (Fsp3) is 0.250. The molecule has 0 saturated heterocycles. The van der Waals surface area contributed by atoms with E-state index in [9.17, 15) is 22.7 Å². The molecule has 0 saturated carbocycles. The van der Waals surface area contributed by atoms with Gasteiger partial charge in [-0.05, 0) is 11.1 Å². The molecule has 0 radical (unpaired) electrons. The van der Waals surface area contributed by atoms with Crippen LogP contribution in [-0.2, 0) is 10.3 Å². The molecule has 0 heterocycles. The number of rotatable bonds is 5. The second-order valence-corrected chi connectivity index (χ2v) is 4.74. The molecule has 2 rings (SSSR count). The zero-order chi connectivity index (χ0) is 16.4. The minimum absolute atomic E-state index is 0.358. The van der Waals surface area contributed by atoms with Crippen molar-refractivity contribution in [1.82, 2.24) is 0 Å². The van der Waals surface area contributed by atoms with Crippen molar-refractivity contribution in [2.24, 2.45) is 0 Å². The first-order valence-corrected chi connectivity index (χ1v) is 6.41. The van der Waals surface area contributed by atoms with Crippen LogP contribution in [0.4, 0.5) is 17.6 Å². The molecule has 2 aromatic carbocycles. The molecule has 22 heavy (non-hydrogen) atoms. The van der Waals surface area contributed by atoms with Crippen LogP contribution in [-0.4, -0.2) is 24.2 Å². The topological polar surface area (TPSA) is 29.5 Å². The lowest BCUT2D eigenvalue weighted by Gasteiger charge is -2.39. The molecular formula is C16H14F4O2. The number of methoxy groups -OCH3 is 1. The van der Waals surface area contributed by atoms with Gasteiger partial charge in [0.2, 0.25) is 0 Å². The first-order valence-electron chi connectivity index (χ1n) is 6.41. The molecule has 1 N–H and O–H groups in total. The smallest absolute Gasteiger partial charge is 0.374 e. The summed E-state index contributed by atoms with van der Waals surface area (Å²) < 4.78 is 60.0. The SMILES string of the molecule is COC(F)(F)C(F)(F)C(O)(c1ccccc1)c1ccccc1. The van der Waals surface area contributed by atoms with Crippen LogP contribution >= 0.6 is 0 Å². The largest absolute Gasteiger partial charge is 0.422 e. The molecule has 6 heteroatoms. The summed E-state index contributed by atoms with van der Waals surface area (Å²) in [5.41, 5.74) is -3.96. The van der Waals surface area contributed by atoms with Crippen LogP contribution in [0.5, 0.6) is 0 Å². The summed E-state index contributed by atoms with van der Waals surface area (Å²) in [6.07, 6.45) is -4.85. The Labute approximate surface area is 125 Å². The van der Waals surface area contributed by atoms with E-state index in [1.54, 1.807) is 0 Å². The molecule has 0 spiro atoms. The van der Waals surface area contributed by atoms with Gasteiger partial charge in [0.25, 0.3) is 0 Å². The number of hydrogen-bond donors (Lipinski definition) is 1. The monoisotopic (exact) mass is 314 g/mol. The highest BCUT2D eigenvalue weighted by atomic mass is 19.3. The summed E-state index contributed by atoms with van der Waals surface area (Å²) in [5.74, 6) is -4.89. The van der Waals surface area contributed by atoms with E-state index in [-0.39, 0.29) is 11.1 Å². The molecule has 0 aliphatic heterocycles. The first kappa shape index (κ1) is 16.5. The summed E-state index contributed by atoms with van der Waals surface area (Å²) in [6, 6.07) is 13.2. The van der Waals surface area contributed by atoms with Crippen LogP contribution in [0.3, 0.4) is 0 Å². The fourth-order valence-electron chi connectivity index (χ4n) is 2.23. The normalized spacial score (nSPS) is 13.2. The average molecular weight is 314 g/mol. The number of benzene rings is 2. The maximum atomic E-state index is 14.5. The van der Waals surface area contributed by atoms with Crippen molar-refractivity contribution in [1.29, 1.82) is 0 Å². The molecule has 0 aliphatic rings. The Kier molecular flexibility index (Phi) is 4.26. The standard InChI is InChI=1S/C16H14F4O2/c1-22-16(19,20)15(17,18)14(21,12-8-4-2-5-9-12)13-10-6-3-7-11-13/h2-11,21H,1H3. The highest BCUT2D eigenvalue weighted by Gasteiger charge is 2.70. The second kappa shape index (κ2) is 5.70. The molecule has 0 amide bonds. The van der Waals surface area contributed by atoms with Crippen molar-refractivity contribution in [3.05, 3.63) is 71.8 Å². The van der Waals surface area contributed by atoms with E-state index < -0.39 is 17.6 Å². The lowest BCUT2D eigenvalue weighted by atomic mass is 9.80. The van der Waals surface area contributed by atoms with Gasteiger partial charge >= 0.3 is 12.0 Å². The molecule has 0 atom stereocenters. The highest BCUT2D eigenvalue weighted by molar-refractivity contribution is 5.39. The third kappa shape index (κ3) is 2.38. The lowest BCUT2D eigenvalue weighted by molar-refractivity contribution is -0.378. The van der Waals surface area contributed by atoms with Crippen LogP contribution in [0.15, 0.2) is 60.7 Å². The molecule has 118 valence electrons. The Balaban J connectivity index is 2.72. The number of hydrogen-bond acceptors (Lipinski definition) is 2. The van der Waals surface area contributed by atoms with Crippen molar-refractivity contribution in [2.45, 2.75) is 17.6 Å². The summed E-state index contributed by atoms with van der Waals surface area (Å²) >= 11 is 0. The maximum absolute atomic E-state index is 14.5. The van der Waals surface area contributed by atoms with Crippen LogP contribution in [0.1, 0.15) is 11.1 Å². The fourth-order valence-corrected chi connectivity index (χ4v) is 2.23. The number of aliphatic hydroxyl groups is 1. The third-order valence-electron chi connectivity index (χ3n) is 3.46. The Morgan fingerprint density at radius 1 is 0.773 bits per heavy atom. The molecule has 0 aromatic heterocycles. The van der Waals surface area contributed by atoms with Gasteiger partial charge in [0, 0.05) is 7.11 Å². The molecule has 0 aliphatic carbocycles. The summed E-state index contributed by atoms with van der Waals surface area (Å²) in [6.45, 7) is 0. The molecule has 0 bridgehead atoms. The van der Waals surface area contributed by atoms with Crippen molar-refractivity contribution >= 4 is 0 Å². The van der Waals surface area contributed by atoms with Gasteiger partial charge in [-0.3, -0.25) is 0 Å². The van der Waals surface area contributed by atoms with E-state index in [2.05, 4.69) is 4.74 Å². The van der Waals surface area contributed by atoms with E-state index in [4.69, 9.17) is 0 Å². The number of alkyl halides is 4. The van der Waals surface area contributed by atoms with Crippen LogP contribution in [0.2, 0.25) is 0 Å². The quantitative estimate of drug-likeness (QED) is 0.851. The zero-order valence-corrected chi connectivity index (χ0v) is 11.6. The molecular weight excluding hydrogens is 300 g/mol. The van der Waals surface area contributed by atoms with Gasteiger partial charge in [0.15, 0.2) is 5.60 Å². The Morgan fingerprint density at radius 2 is 1.14 bits per heavy atom. The lowest BCUT2D eigenvalue weighted by Crippen LogP contribution is -2.58. The van der Waals surface area contributed by atoms with Crippen LogP contribution in [0, 0.1) is 0 Å². The highest BCUT2D eigenvalue weighted by Crippen LogP contribution is 2.51. The summed E-state index contributed by atoms with van der Waals surface area (Å²) in [4.78, 5) is 0. The van der Waals surface area contributed by atoms with Gasteiger partial charge in [-0.25, -0.2) is 0 Å². The average Bonchev–Trinajstić information content (AvgIpc) is 2.55. The predicted molar refractivity (Wildman–Crippen MR) is 72.8 cm³/mol. The minimum Gasteiger partial charge on any atom is -0.374 e. The van der Waals surface area contributed by atoms with Crippen molar-refractivity contribution < 1.29 is 27.4 Å². The van der Waals surface area contributed by atoms with E-state index in [0.717, 1.165) is 24.3 Å². The summed E-state index contributed by atoms with van der Waals surface area (Å²) in [7, 11) is 0.463. The van der Waals surface area contributed by atoms with Gasteiger partial charge in [0.05, 0.1) is 0 Å². The van der Waals surface area contributed by atoms with Crippen molar-refractivity contribution in [3.8, 4) is 0 Å². The van der Waals surface area contributed by atoms with Gasteiger partial charge < -0.3 is 9.84 Å².